The number of rotatable bonds is 5. The molecule has 0 radical (unpaired) electrons. The Labute approximate surface area is 180 Å². The molecular weight excluding hydrogens is 490 g/mol. The molecule has 7 heteroatoms. The first-order chi connectivity index (χ1) is 12.9. The summed E-state index contributed by atoms with van der Waals surface area (Å²) in [4.78, 5) is 21.9. The van der Waals surface area contributed by atoms with Crippen LogP contribution in [0.25, 0.3) is 0 Å². The van der Waals surface area contributed by atoms with E-state index in [1.165, 1.54) is 11.8 Å². The molecule has 0 fully saturated rings. The third kappa shape index (κ3) is 5.30. The Hall–Kier alpha value is -1.44. The Morgan fingerprint density at radius 1 is 1.04 bits per heavy atom. The van der Waals surface area contributed by atoms with E-state index in [0.717, 1.165) is 37.4 Å². The van der Waals surface area contributed by atoms with Crippen molar-refractivity contribution in [1.82, 2.24) is 0 Å². The van der Waals surface area contributed by atoms with Gasteiger partial charge in [-0.2, -0.15) is 0 Å². The zero-order valence-electron chi connectivity index (χ0n) is 15.0. The van der Waals surface area contributed by atoms with Gasteiger partial charge in [0.05, 0.1) is 11.5 Å². The zero-order valence-corrected chi connectivity index (χ0v) is 19.0. The van der Waals surface area contributed by atoms with Crippen LogP contribution >= 0.6 is 43.6 Å². The van der Waals surface area contributed by atoms with Crippen LogP contribution in [0.5, 0.6) is 0 Å². The van der Waals surface area contributed by atoms with Gasteiger partial charge in [0.1, 0.15) is 10.7 Å². The van der Waals surface area contributed by atoms with Crippen LogP contribution in [0.4, 0.5) is 5.69 Å². The van der Waals surface area contributed by atoms with Crippen molar-refractivity contribution >= 4 is 66.0 Å². The molecule has 1 N–H and O–H groups in total. The maximum atomic E-state index is 12.3. The van der Waals surface area contributed by atoms with Gasteiger partial charge in [-0.15, -0.1) is 0 Å². The highest BCUT2D eigenvalue weighted by atomic mass is 79.9. The van der Waals surface area contributed by atoms with E-state index in [0.29, 0.717) is 0 Å². The van der Waals surface area contributed by atoms with Gasteiger partial charge in [0.15, 0.2) is 0 Å². The number of hydrogen-bond donors (Lipinski definition) is 1. The Morgan fingerprint density at radius 2 is 1.63 bits per heavy atom. The van der Waals surface area contributed by atoms with Gasteiger partial charge in [-0.3, -0.25) is 9.79 Å². The predicted molar refractivity (Wildman–Crippen MR) is 122 cm³/mol. The number of aliphatic imine (C=N–C) groups is 2. The van der Waals surface area contributed by atoms with Gasteiger partial charge < -0.3 is 5.32 Å². The van der Waals surface area contributed by atoms with Crippen LogP contribution < -0.4 is 5.32 Å². The topological polar surface area (TPSA) is 53.8 Å². The Kier molecular flexibility index (Phi) is 6.55. The molecule has 2 aromatic carbocycles. The normalized spacial score (nSPS) is 18.8. The lowest BCUT2D eigenvalue weighted by Gasteiger charge is -2.13. The summed E-state index contributed by atoms with van der Waals surface area (Å²) in [5.41, 5.74) is 2.17. The second kappa shape index (κ2) is 8.71. The third-order valence-corrected chi connectivity index (χ3v) is 6.17. The number of amides is 1. The van der Waals surface area contributed by atoms with Crippen molar-refractivity contribution in [2.24, 2.45) is 9.98 Å². The van der Waals surface area contributed by atoms with Crippen molar-refractivity contribution in [3.63, 3.8) is 0 Å². The van der Waals surface area contributed by atoms with Crippen molar-refractivity contribution in [1.29, 1.82) is 0 Å². The molecule has 0 bridgehead atoms. The van der Waals surface area contributed by atoms with Crippen LogP contribution in [-0.2, 0) is 4.79 Å². The average Bonchev–Trinajstić information content (AvgIpc) is 3.00. The maximum Gasteiger partial charge on any atom is 0.234 e. The van der Waals surface area contributed by atoms with Crippen LogP contribution in [-0.4, -0.2) is 28.1 Å². The molecule has 0 saturated heterocycles. The summed E-state index contributed by atoms with van der Waals surface area (Å²) in [5, 5.41) is 3.72. The minimum Gasteiger partial charge on any atom is -0.325 e. The number of nitrogens with one attached hydrogen (secondary N) is 1. The molecule has 0 saturated carbocycles. The van der Waals surface area contributed by atoms with Gasteiger partial charge in [0.25, 0.3) is 0 Å². The summed E-state index contributed by atoms with van der Waals surface area (Å²) in [6.07, 6.45) is 0.808. The highest BCUT2D eigenvalue weighted by Gasteiger charge is 2.31. The molecule has 0 spiro atoms. The largest absolute Gasteiger partial charge is 0.325 e. The molecule has 0 aromatic heterocycles. The Bertz CT molecular complexity index is 894. The molecule has 4 nitrogen and oxygen atoms in total. The number of anilines is 1. The number of halogens is 2. The molecular formula is C20H19Br2N3OS. The van der Waals surface area contributed by atoms with Crippen LogP contribution in [0.1, 0.15) is 25.8 Å². The van der Waals surface area contributed by atoms with Crippen LogP contribution in [0.3, 0.4) is 0 Å². The quantitative estimate of drug-likeness (QED) is 0.545. The lowest BCUT2D eigenvalue weighted by molar-refractivity contribution is -0.113. The molecule has 1 atom stereocenters. The van der Waals surface area contributed by atoms with Crippen molar-refractivity contribution < 1.29 is 4.79 Å². The van der Waals surface area contributed by atoms with E-state index in [4.69, 9.17) is 9.98 Å². The second-order valence-corrected chi connectivity index (χ2v) is 9.09. The summed E-state index contributed by atoms with van der Waals surface area (Å²) in [5.74, 6) is 0.217. The van der Waals surface area contributed by atoms with Crippen LogP contribution in [0, 0.1) is 0 Å². The number of carbonyl (C=O) groups is 1. The molecule has 3 rings (SSSR count). The summed E-state index contributed by atoms with van der Waals surface area (Å²) >= 11 is 8.27. The second-order valence-electron chi connectivity index (χ2n) is 6.30. The van der Waals surface area contributed by atoms with E-state index >= 15 is 0 Å². The summed E-state index contributed by atoms with van der Waals surface area (Å²) in [6, 6.07) is 15.5. The van der Waals surface area contributed by atoms with Crippen molar-refractivity contribution in [3.05, 3.63) is 63.0 Å². The molecule has 1 amide bonds. The average molecular weight is 509 g/mol. The monoisotopic (exact) mass is 507 g/mol. The molecule has 1 heterocycles. The zero-order chi connectivity index (χ0) is 19.4. The molecule has 0 unspecified atom stereocenters. The van der Waals surface area contributed by atoms with E-state index < -0.39 is 5.66 Å². The van der Waals surface area contributed by atoms with Gasteiger partial charge in [-0.25, -0.2) is 4.99 Å². The molecule has 0 aliphatic carbocycles. The minimum absolute atomic E-state index is 0.0646. The number of nitrogens with zero attached hydrogens (tertiary/aromatic N) is 2. The van der Waals surface area contributed by atoms with E-state index in [1.54, 1.807) is 0 Å². The lowest BCUT2D eigenvalue weighted by Crippen LogP contribution is -2.17. The van der Waals surface area contributed by atoms with Gasteiger partial charge in [0, 0.05) is 20.2 Å². The van der Waals surface area contributed by atoms with Crippen molar-refractivity contribution in [3.8, 4) is 0 Å². The fraction of sp³-hybridized carbons (Fsp3) is 0.250. The minimum atomic E-state index is -0.465. The highest BCUT2D eigenvalue weighted by molar-refractivity contribution is 9.10. The smallest absolute Gasteiger partial charge is 0.234 e. The van der Waals surface area contributed by atoms with Crippen LogP contribution in [0.2, 0.25) is 0 Å². The van der Waals surface area contributed by atoms with E-state index in [-0.39, 0.29) is 11.7 Å². The van der Waals surface area contributed by atoms with Gasteiger partial charge in [0.2, 0.25) is 5.91 Å². The molecule has 2 aromatic rings. The fourth-order valence-corrected chi connectivity index (χ4v) is 3.93. The predicted octanol–water partition coefficient (Wildman–Crippen LogP) is 5.91. The van der Waals surface area contributed by atoms with Crippen molar-refractivity contribution in [2.45, 2.75) is 25.9 Å². The van der Waals surface area contributed by atoms with Crippen molar-refractivity contribution in [2.75, 3.05) is 11.1 Å². The fourth-order valence-electron chi connectivity index (χ4n) is 2.50. The molecule has 1 aliphatic heterocycles. The maximum absolute atomic E-state index is 12.3. The molecule has 27 heavy (non-hydrogen) atoms. The number of thioether (sulfide) groups is 1. The summed E-state index contributed by atoms with van der Waals surface area (Å²) in [7, 11) is 0. The first kappa shape index (κ1) is 20.3. The standard InChI is InChI=1S/C20H19Br2N3OS/c1-3-20(2)24-18(13-4-6-14(21)7-5-13)19(25-20)27-12-17(26)23-16-10-8-15(22)9-11-16/h4-11H,3,12H2,1-2H3,(H,23,26)/t20-/m0/s1. The van der Waals surface area contributed by atoms with E-state index in [1.807, 2.05) is 55.5 Å². The number of hydrogen-bond acceptors (Lipinski definition) is 4. The van der Waals surface area contributed by atoms with Gasteiger partial charge in [-0.1, -0.05) is 62.7 Å². The summed E-state index contributed by atoms with van der Waals surface area (Å²) < 4.78 is 1.99. The van der Waals surface area contributed by atoms with E-state index in [9.17, 15) is 4.79 Å². The third-order valence-electron chi connectivity index (χ3n) is 4.15. The first-order valence-electron chi connectivity index (χ1n) is 8.53. The Balaban J connectivity index is 1.70. The van der Waals surface area contributed by atoms with Crippen LogP contribution in [0.15, 0.2) is 67.5 Å². The number of carbonyl (C=O) groups excluding carboxylic acids is 1. The molecule has 1 aliphatic rings. The number of benzene rings is 2. The van der Waals surface area contributed by atoms with Gasteiger partial charge in [-0.05, 0) is 49.7 Å². The SMILES string of the molecule is CC[C@]1(C)N=C(SCC(=O)Nc2ccc(Br)cc2)C(c2ccc(Br)cc2)=N1. The highest BCUT2D eigenvalue weighted by Crippen LogP contribution is 2.30. The van der Waals surface area contributed by atoms with Gasteiger partial charge >= 0.3 is 0 Å². The Morgan fingerprint density at radius 3 is 2.22 bits per heavy atom. The molecule has 140 valence electrons. The summed E-state index contributed by atoms with van der Waals surface area (Å²) in [6.45, 7) is 4.08. The lowest BCUT2D eigenvalue weighted by atomic mass is 10.1. The van der Waals surface area contributed by atoms with E-state index in [2.05, 4.69) is 44.1 Å². The first-order valence-corrected chi connectivity index (χ1v) is 11.1.